The maximum atomic E-state index is 5.14. The molecule has 5 nitrogen and oxygen atoms in total. The van der Waals surface area contributed by atoms with Gasteiger partial charge in [0.1, 0.15) is 0 Å². The maximum absolute atomic E-state index is 5.14. The average Bonchev–Trinajstić information content (AvgIpc) is 4.09. The molecule has 0 aliphatic heterocycles. The van der Waals surface area contributed by atoms with Crippen molar-refractivity contribution >= 4 is 75.1 Å². The van der Waals surface area contributed by atoms with E-state index in [1.165, 1.54) is 81.3 Å². The van der Waals surface area contributed by atoms with Crippen LogP contribution in [0.4, 0.5) is 0 Å². The lowest BCUT2D eigenvalue weighted by Crippen LogP contribution is -2.00. The van der Waals surface area contributed by atoms with E-state index in [2.05, 4.69) is 209 Å². The number of fused-ring (bicyclic) bond motifs is 9. The molecule has 0 spiro atoms. The molecule has 14 aromatic rings. The number of para-hydroxylation sites is 3. The van der Waals surface area contributed by atoms with E-state index in [-0.39, 0.29) is 0 Å². The number of hydrogen-bond donors (Lipinski definition) is 0. The Kier molecular flexibility index (Phi) is 9.00. The summed E-state index contributed by atoms with van der Waals surface area (Å²) in [6.07, 6.45) is 0. The maximum Gasteiger partial charge on any atom is 0.165 e. The van der Waals surface area contributed by atoms with Crippen LogP contribution < -0.4 is 0 Å². The van der Waals surface area contributed by atoms with Gasteiger partial charge in [0.15, 0.2) is 17.5 Å². The molecule has 0 atom stereocenters. The Hall–Kier alpha value is -8.97. The second-order valence-electron chi connectivity index (χ2n) is 17.6. The highest BCUT2D eigenvalue weighted by molar-refractivity contribution is 7.26. The molecule has 4 aromatic heterocycles. The van der Waals surface area contributed by atoms with Crippen LogP contribution in [-0.2, 0) is 0 Å². The lowest BCUT2D eigenvalue weighted by molar-refractivity contribution is 1.08. The van der Waals surface area contributed by atoms with Crippen molar-refractivity contribution in [2.45, 2.75) is 0 Å². The number of hydrogen-bond acceptors (Lipinski definition) is 4. The van der Waals surface area contributed by atoms with E-state index in [0.717, 1.165) is 32.8 Å². The van der Waals surface area contributed by atoms with Crippen molar-refractivity contribution in [2.75, 3.05) is 0 Å². The van der Waals surface area contributed by atoms with Gasteiger partial charge in [0, 0.05) is 69.8 Å². The summed E-state index contributed by atoms with van der Waals surface area (Å²) in [5.74, 6) is 1.97. The van der Waals surface area contributed by atoms with E-state index >= 15 is 0 Å². The van der Waals surface area contributed by atoms with Crippen LogP contribution in [0.5, 0.6) is 0 Å². The zero-order valence-corrected chi connectivity index (χ0v) is 38.0. The third-order valence-corrected chi connectivity index (χ3v) is 14.9. The highest BCUT2D eigenvalue weighted by Crippen LogP contribution is 2.45. The standard InChI is InChI=1S/C63H39N5S/c1-5-17-40(18-6-1)61-64-62(41-19-7-2-8-20-41)66-63(65-61)53-29-16-28-52-51-27-15-26-47(59(51)69-60(52)53)44-33-36-56-54(37-44)50-35-32-43(39-58(50)68(56)46-23-11-4-12-24-46)42-31-34-49-48-25-13-14-30-55(48)67(57(49)38-42)45-21-9-3-10-22-45/h1-39H. The van der Waals surface area contributed by atoms with Crippen molar-refractivity contribution < 1.29 is 0 Å². The minimum Gasteiger partial charge on any atom is -0.309 e. The van der Waals surface area contributed by atoms with Gasteiger partial charge in [-0.1, -0.05) is 176 Å². The highest BCUT2D eigenvalue weighted by Gasteiger charge is 2.21. The first-order valence-electron chi connectivity index (χ1n) is 23.3. The predicted octanol–water partition coefficient (Wildman–Crippen LogP) is 16.8. The quantitative estimate of drug-likeness (QED) is 0.160. The van der Waals surface area contributed by atoms with Crippen LogP contribution in [0.3, 0.4) is 0 Å². The largest absolute Gasteiger partial charge is 0.309 e. The zero-order valence-electron chi connectivity index (χ0n) is 37.2. The number of aromatic nitrogens is 5. The first-order chi connectivity index (χ1) is 34.2. The fourth-order valence-electron chi connectivity index (χ4n) is 10.4. The summed E-state index contributed by atoms with van der Waals surface area (Å²) in [6.45, 7) is 0. The molecule has 0 N–H and O–H groups in total. The van der Waals surface area contributed by atoms with Gasteiger partial charge >= 0.3 is 0 Å². The van der Waals surface area contributed by atoms with E-state index in [4.69, 9.17) is 15.0 Å². The lowest BCUT2D eigenvalue weighted by Gasteiger charge is -2.10. The monoisotopic (exact) mass is 897 g/mol. The minimum atomic E-state index is 0.654. The molecule has 69 heavy (non-hydrogen) atoms. The summed E-state index contributed by atoms with van der Waals surface area (Å²) in [7, 11) is 0. The molecular formula is C63H39N5S. The Balaban J connectivity index is 0.927. The smallest absolute Gasteiger partial charge is 0.165 e. The number of rotatable bonds is 7. The van der Waals surface area contributed by atoms with Gasteiger partial charge in [-0.3, -0.25) is 0 Å². The third-order valence-electron chi connectivity index (χ3n) is 13.6. The number of nitrogens with zero attached hydrogens (tertiary/aromatic N) is 5. The Morgan fingerprint density at radius 1 is 0.261 bits per heavy atom. The number of benzene rings is 10. The molecule has 0 radical (unpaired) electrons. The van der Waals surface area contributed by atoms with E-state index < -0.39 is 0 Å². The van der Waals surface area contributed by atoms with Crippen LogP contribution in [0.15, 0.2) is 237 Å². The predicted molar refractivity (Wildman–Crippen MR) is 289 cm³/mol. The highest BCUT2D eigenvalue weighted by atomic mass is 32.1. The molecule has 4 heterocycles. The fourth-order valence-corrected chi connectivity index (χ4v) is 11.7. The third kappa shape index (κ3) is 6.41. The van der Waals surface area contributed by atoms with Crippen molar-refractivity contribution in [3.8, 4) is 67.8 Å². The van der Waals surface area contributed by atoms with Gasteiger partial charge < -0.3 is 9.13 Å². The van der Waals surface area contributed by atoms with E-state index in [1.807, 2.05) is 47.7 Å². The fraction of sp³-hybridized carbons (Fsp3) is 0. The van der Waals surface area contributed by atoms with Crippen LogP contribution in [0.25, 0.3) is 132 Å². The normalized spacial score (nSPS) is 11.8. The minimum absolute atomic E-state index is 0.654. The molecular weight excluding hydrogens is 859 g/mol. The van der Waals surface area contributed by atoms with Gasteiger partial charge in [0.25, 0.3) is 0 Å². The van der Waals surface area contributed by atoms with E-state index in [9.17, 15) is 0 Å². The first-order valence-corrected chi connectivity index (χ1v) is 24.1. The second-order valence-corrected chi connectivity index (χ2v) is 18.6. The molecule has 0 bridgehead atoms. The molecule has 0 fully saturated rings. The van der Waals surface area contributed by atoms with Gasteiger partial charge in [0.2, 0.25) is 0 Å². The van der Waals surface area contributed by atoms with Gasteiger partial charge in [-0.25, -0.2) is 15.0 Å². The molecule has 0 aliphatic rings. The Morgan fingerprint density at radius 3 is 1.29 bits per heavy atom. The number of thiophene rings is 1. The van der Waals surface area contributed by atoms with E-state index in [0.29, 0.717) is 17.5 Å². The van der Waals surface area contributed by atoms with Crippen molar-refractivity contribution in [3.63, 3.8) is 0 Å². The first kappa shape index (κ1) is 39.2. The summed E-state index contributed by atoms with van der Waals surface area (Å²) in [4.78, 5) is 15.2. The van der Waals surface area contributed by atoms with Crippen LogP contribution in [-0.4, -0.2) is 24.1 Å². The Bertz CT molecular complexity index is 4230. The molecule has 14 rings (SSSR count). The van der Waals surface area contributed by atoms with Crippen molar-refractivity contribution in [1.82, 2.24) is 24.1 Å². The average molecular weight is 898 g/mol. The SMILES string of the molecule is c1ccc(-c2nc(-c3ccccc3)nc(-c3cccc4c3sc3c(-c5ccc6c(c5)c5ccc(-c7ccc8c9ccccc9n(-c9ccccc9)c8c7)cc5n6-c5ccccc5)cccc34)n2)cc1. The van der Waals surface area contributed by atoms with Crippen LogP contribution in [0, 0.1) is 0 Å². The van der Waals surface area contributed by atoms with Gasteiger partial charge in [-0.15, -0.1) is 11.3 Å². The molecule has 0 unspecified atom stereocenters. The van der Waals surface area contributed by atoms with Gasteiger partial charge in [-0.05, 0) is 82.9 Å². The zero-order chi connectivity index (χ0) is 45.4. The molecule has 0 saturated carbocycles. The summed E-state index contributed by atoms with van der Waals surface area (Å²) in [5.41, 5.74) is 14.6. The second kappa shape index (κ2) is 15.8. The van der Waals surface area contributed by atoms with Crippen molar-refractivity contribution in [2.24, 2.45) is 0 Å². The Morgan fingerprint density at radius 2 is 0.696 bits per heavy atom. The van der Waals surface area contributed by atoms with Gasteiger partial charge in [-0.2, -0.15) is 0 Å². The summed E-state index contributed by atoms with van der Waals surface area (Å²) < 4.78 is 7.20. The molecule has 6 heteroatoms. The molecule has 0 aliphatic carbocycles. The summed E-state index contributed by atoms with van der Waals surface area (Å²) >= 11 is 1.81. The van der Waals surface area contributed by atoms with E-state index in [1.54, 1.807) is 0 Å². The van der Waals surface area contributed by atoms with Crippen LogP contribution >= 0.6 is 11.3 Å². The molecule has 322 valence electrons. The van der Waals surface area contributed by atoms with Crippen LogP contribution in [0.1, 0.15) is 0 Å². The molecule has 0 amide bonds. The molecule has 0 saturated heterocycles. The topological polar surface area (TPSA) is 48.5 Å². The molecule has 10 aromatic carbocycles. The van der Waals surface area contributed by atoms with Crippen molar-refractivity contribution in [1.29, 1.82) is 0 Å². The Labute approximate surface area is 401 Å². The lowest BCUT2D eigenvalue weighted by atomic mass is 9.99. The summed E-state index contributed by atoms with van der Waals surface area (Å²) in [5, 5.41) is 7.33. The van der Waals surface area contributed by atoms with Gasteiger partial charge in [0.05, 0.1) is 22.1 Å². The van der Waals surface area contributed by atoms with Crippen molar-refractivity contribution in [3.05, 3.63) is 237 Å². The van der Waals surface area contributed by atoms with Crippen LogP contribution in [0.2, 0.25) is 0 Å². The summed E-state index contributed by atoms with van der Waals surface area (Å²) in [6, 6.07) is 84.6.